The maximum absolute atomic E-state index is 2.26. The van der Waals surface area contributed by atoms with Crippen molar-refractivity contribution in [3.63, 3.8) is 0 Å². The Hall–Kier alpha value is -1.34. The van der Waals surface area contributed by atoms with E-state index in [2.05, 4.69) is 74.7 Å². The summed E-state index contributed by atoms with van der Waals surface area (Å²) < 4.78 is 0. The fourth-order valence-corrected chi connectivity index (χ4v) is 2.36. The molecule has 0 fully saturated rings. The molecular formula is C16H18S. The molecule has 0 N–H and O–H groups in total. The van der Waals surface area contributed by atoms with Crippen molar-refractivity contribution >= 4 is 17.4 Å². The van der Waals surface area contributed by atoms with E-state index in [1.807, 2.05) is 0 Å². The van der Waals surface area contributed by atoms with Crippen molar-refractivity contribution in [1.29, 1.82) is 0 Å². The second kappa shape index (κ2) is 4.89. The van der Waals surface area contributed by atoms with Crippen molar-refractivity contribution in [2.75, 3.05) is 0 Å². The molecule has 0 unspecified atom stereocenters. The summed E-state index contributed by atoms with van der Waals surface area (Å²) >= 11 is 1.80. The quantitative estimate of drug-likeness (QED) is 0.654. The van der Waals surface area contributed by atoms with Gasteiger partial charge in [0.15, 0.2) is 0 Å². The van der Waals surface area contributed by atoms with Gasteiger partial charge < -0.3 is 0 Å². The van der Waals surface area contributed by atoms with Crippen LogP contribution in [0.3, 0.4) is 0 Å². The molecule has 0 aliphatic carbocycles. The SMILES string of the molecule is CC(C)(C)/C=C/c1cc(-c2ccccc2)cs1. The number of benzene rings is 1. The van der Waals surface area contributed by atoms with Gasteiger partial charge in [-0.15, -0.1) is 11.3 Å². The van der Waals surface area contributed by atoms with Crippen molar-refractivity contribution in [3.8, 4) is 11.1 Å². The van der Waals surface area contributed by atoms with E-state index >= 15 is 0 Å². The molecule has 2 aromatic rings. The second-order valence-electron chi connectivity index (χ2n) is 5.30. The van der Waals surface area contributed by atoms with Crippen molar-refractivity contribution in [2.24, 2.45) is 5.41 Å². The minimum Gasteiger partial charge on any atom is -0.144 e. The highest BCUT2D eigenvalue weighted by Crippen LogP contribution is 2.27. The summed E-state index contributed by atoms with van der Waals surface area (Å²) in [5.74, 6) is 0. The molecule has 0 atom stereocenters. The van der Waals surface area contributed by atoms with Gasteiger partial charge in [0.2, 0.25) is 0 Å². The van der Waals surface area contributed by atoms with Gasteiger partial charge in [-0.05, 0) is 34.1 Å². The molecule has 1 aromatic carbocycles. The number of hydrogen-bond donors (Lipinski definition) is 0. The van der Waals surface area contributed by atoms with Crippen LogP contribution in [-0.2, 0) is 0 Å². The van der Waals surface area contributed by atoms with E-state index in [9.17, 15) is 0 Å². The molecule has 0 aliphatic rings. The van der Waals surface area contributed by atoms with Gasteiger partial charge in [-0.3, -0.25) is 0 Å². The number of rotatable bonds is 2. The predicted molar refractivity (Wildman–Crippen MR) is 78.2 cm³/mol. The number of hydrogen-bond acceptors (Lipinski definition) is 1. The molecule has 88 valence electrons. The molecule has 0 saturated carbocycles. The zero-order chi connectivity index (χ0) is 12.3. The van der Waals surface area contributed by atoms with Gasteiger partial charge in [0.1, 0.15) is 0 Å². The molecule has 0 saturated heterocycles. The van der Waals surface area contributed by atoms with Gasteiger partial charge in [-0.1, -0.05) is 57.2 Å². The standard InChI is InChI=1S/C16H18S/c1-16(2,3)10-9-15-11-14(12-17-15)13-7-5-4-6-8-13/h4-12H,1-3H3/b10-9+. The minimum absolute atomic E-state index is 0.247. The largest absolute Gasteiger partial charge is 0.144 e. The highest BCUT2D eigenvalue weighted by molar-refractivity contribution is 7.11. The maximum Gasteiger partial charge on any atom is 0.0273 e. The van der Waals surface area contributed by atoms with E-state index < -0.39 is 0 Å². The molecule has 1 aromatic heterocycles. The van der Waals surface area contributed by atoms with E-state index in [0.717, 1.165) is 0 Å². The summed E-state index contributed by atoms with van der Waals surface area (Å²) in [6.07, 6.45) is 4.48. The molecule has 0 bridgehead atoms. The Morgan fingerprint density at radius 1 is 1.00 bits per heavy atom. The van der Waals surface area contributed by atoms with E-state index in [1.165, 1.54) is 16.0 Å². The lowest BCUT2D eigenvalue weighted by Gasteiger charge is -2.10. The molecule has 1 heterocycles. The van der Waals surface area contributed by atoms with Crippen LogP contribution in [0.25, 0.3) is 17.2 Å². The lowest BCUT2D eigenvalue weighted by Crippen LogP contribution is -1.97. The lowest BCUT2D eigenvalue weighted by molar-refractivity contribution is 0.547. The van der Waals surface area contributed by atoms with Gasteiger partial charge in [0.25, 0.3) is 0 Å². The second-order valence-corrected chi connectivity index (χ2v) is 6.25. The van der Waals surface area contributed by atoms with Gasteiger partial charge in [0.05, 0.1) is 0 Å². The topological polar surface area (TPSA) is 0 Å². The average Bonchev–Trinajstić information content (AvgIpc) is 2.75. The number of thiophene rings is 1. The summed E-state index contributed by atoms with van der Waals surface area (Å²) in [6, 6.07) is 12.8. The van der Waals surface area contributed by atoms with E-state index in [1.54, 1.807) is 11.3 Å². The molecular weight excluding hydrogens is 224 g/mol. The molecule has 0 amide bonds. The summed E-state index contributed by atoms with van der Waals surface area (Å²) in [6.45, 7) is 6.65. The lowest BCUT2D eigenvalue weighted by atomic mass is 9.96. The summed E-state index contributed by atoms with van der Waals surface area (Å²) in [5, 5.41) is 2.22. The van der Waals surface area contributed by atoms with Crippen molar-refractivity contribution in [1.82, 2.24) is 0 Å². The normalized spacial score (nSPS) is 12.2. The molecule has 2 rings (SSSR count). The van der Waals surface area contributed by atoms with Crippen molar-refractivity contribution in [3.05, 3.63) is 52.7 Å². The first-order chi connectivity index (χ1) is 8.04. The van der Waals surface area contributed by atoms with Crippen LogP contribution in [0.4, 0.5) is 0 Å². The fourth-order valence-electron chi connectivity index (χ4n) is 1.55. The van der Waals surface area contributed by atoms with E-state index in [0.29, 0.717) is 0 Å². The van der Waals surface area contributed by atoms with Crippen LogP contribution >= 0.6 is 11.3 Å². The Morgan fingerprint density at radius 2 is 1.71 bits per heavy atom. The molecule has 1 heteroatoms. The number of allylic oxidation sites excluding steroid dienone is 1. The van der Waals surface area contributed by atoms with E-state index in [-0.39, 0.29) is 5.41 Å². The summed E-state index contributed by atoms with van der Waals surface area (Å²) in [4.78, 5) is 1.32. The van der Waals surface area contributed by atoms with Crippen LogP contribution in [0.2, 0.25) is 0 Å². The Kier molecular flexibility index (Phi) is 3.49. The zero-order valence-corrected chi connectivity index (χ0v) is 11.4. The smallest absolute Gasteiger partial charge is 0.0273 e. The van der Waals surface area contributed by atoms with Crippen molar-refractivity contribution < 1.29 is 0 Å². The van der Waals surface area contributed by atoms with E-state index in [4.69, 9.17) is 0 Å². The van der Waals surface area contributed by atoms with Gasteiger partial charge in [-0.2, -0.15) is 0 Å². The third-order valence-corrected chi connectivity index (χ3v) is 3.37. The third kappa shape index (κ3) is 3.57. The molecule has 0 spiro atoms. The minimum atomic E-state index is 0.247. The summed E-state index contributed by atoms with van der Waals surface area (Å²) in [5.41, 5.74) is 2.85. The van der Waals surface area contributed by atoms with Gasteiger partial charge in [0, 0.05) is 4.88 Å². The molecule has 0 aliphatic heterocycles. The van der Waals surface area contributed by atoms with Crippen LogP contribution in [0.15, 0.2) is 47.9 Å². The monoisotopic (exact) mass is 242 g/mol. The fraction of sp³-hybridized carbons (Fsp3) is 0.250. The highest BCUT2D eigenvalue weighted by Gasteiger charge is 2.05. The van der Waals surface area contributed by atoms with Crippen LogP contribution in [0, 0.1) is 5.41 Å². The average molecular weight is 242 g/mol. The first kappa shape index (κ1) is 12.1. The highest BCUT2D eigenvalue weighted by atomic mass is 32.1. The van der Waals surface area contributed by atoms with Crippen LogP contribution in [0.5, 0.6) is 0 Å². The Labute approximate surface area is 108 Å². The molecule has 0 radical (unpaired) electrons. The Bertz CT molecular complexity index is 498. The third-order valence-electron chi connectivity index (χ3n) is 2.47. The Morgan fingerprint density at radius 3 is 2.35 bits per heavy atom. The summed E-state index contributed by atoms with van der Waals surface area (Å²) in [7, 11) is 0. The van der Waals surface area contributed by atoms with Gasteiger partial charge >= 0.3 is 0 Å². The molecule has 17 heavy (non-hydrogen) atoms. The van der Waals surface area contributed by atoms with Gasteiger partial charge in [-0.25, -0.2) is 0 Å². The van der Waals surface area contributed by atoms with Crippen molar-refractivity contribution in [2.45, 2.75) is 20.8 Å². The Balaban J connectivity index is 2.20. The van der Waals surface area contributed by atoms with Crippen LogP contribution in [0.1, 0.15) is 25.6 Å². The molecule has 0 nitrogen and oxygen atoms in total. The first-order valence-electron chi connectivity index (χ1n) is 5.88. The first-order valence-corrected chi connectivity index (χ1v) is 6.76. The maximum atomic E-state index is 2.26. The van der Waals surface area contributed by atoms with Crippen LogP contribution in [-0.4, -0.2) is 0 Å². The van der Waals surface area contributed by atoms with Crippen LogP contribution < -0.4 is 0 Å². The predicted octanol–water partition coefficient (Wildman–Crippen LogP) is 5.47. The zero-order valence-electron chi connectivity index (χ0n) is 10.6.